The number of hydrogen-bond donors (Lipinski definition) is 0. The largest absolute Gasteiger partial charge is 0.454 e. The van der Waals surface area contributed by atoms with E-state index < -0.39 is 0 Å². The van der Waals surface area contributed by atoms with Gasteiger partial charge in [-0.05, 0) is 115 Å². The second kappa shape index (κ2) is 15.2. The molecule has 12 aromatic carbocycles. The second-order valence-electron chi connectivity index (χ2n) is 17.6. The fourth-order valence-corrected chi connectivity index (χ4v) is 10.8. The van der Waals surface area contributed by atoms with Crippen molar-refractivity contribution in [2.24, 2.45) is 0 Å². The molecule has 0 bridgehead atoms. The van der Waals surface area contributed by atoms with Crippen LogP contribution in [-0.4, -0.2) is 0 Å². The van der Waals surface area contributed by atoms with Gasteiger partial charge in [-0.2, -0.15) is 0 Å². The zero-order chi connectivity index (χ0) is 44.7. The van der Waals surface area contributed by atoms with Crippen LogP contribution in [0.4, 0.5) is 34.1 Å². The molecule has 0 N–H and O–H groups in total. The summed E-state index contributed by atoms with van der Waals surface area (Å²) in [6, 6.07) is 86.9. The van der Waals surface area contributed by atoms with E-state index in [1.165, 1.54) is 37.7 Å². The molecule has 0 unspecified atom stereocenters. The van der Waals surface area contributed by atoms with Gasteiger partial charge in [0, 0.05) is 44.2 Å². The molecule has 4 heteroatoms. The lowest BCUT2D eigenvalue weighted by Gasteiger charge is -2.28. The highest BCUT2D eigenvalue weighted by molar-refractivity contribution is 6.32. The molecule has 0 saturated heterocycles. The molecule has 2 aromatic heterocycles. The highest BCUT2D eigenvalue weighted by Gasteiger charge is 2.24. The summed E-state index contributed by atoms with van der Waals surface area (Å²) in [5.74, 6) is 0. The Morgan fingerprint density at radius 2 is 0.750 bits per heavy atom. The Balaban J connectivity index is 0.978. The van der Waals surface area contributed by atoms with Crippen molar-refractivity contribution in [3.63, 3.8) is 0 Å². The topological polar surface area (TPSA) is 32.8 Å². The average molecular weight is 869 g/mol. The lowest BCUT2D eigenvalue weighted by Crippen LogP contribution is -2.11. The Labute approximate surface area is 391 Å². The number of anilines is 6. The van der Waals surface area contributed by atoms with Crippen LogP contribution < -0.4 is 9.80 Å². The van der Waals surface area contributed by atoms with Gasteiger partial charge in [0.2, 0.25) is 0 Å². The molecule has 0 fully saturated rings. The minimum atomic E-state index is 0.853. The quantitative estimate of drug-likeness (QED) is 0.149. The van der Waals surface area contributed by atoms with Crippen LogP contribution in [0, 0.1) is 0 Å². The maximum Gasteiger partial charge on any atom is 0.159 e. The van der Waals surface area contributed by atoms with Gasteiger partial charge in [-0.25, -0.2) is 0 Å². The third-order valence-electron chi connectivity index (χ3n) is 13.8. The van der Waals surface area contributed by atoms with Crippen molar-refractivity contribution in [3.05, 3.63) is 243 Å². The van der Waals surface area contributed by atoms with Crippen molar-refractivity contribution < 1.29 is 8.83 Å². The van der Waals surface area contributed by atoms with E-state index in [4.69, 9.17) is 8.83 Å². The maximum absolute atomic E-state index is 6.76. The number of furan rings is 2. The van der Waals surface area contributed by atoms with Crippen molar-refractivity contribution in [1.29, 1.82) is 0 Å². The van der Waals surface area contributed by atoms with Gasteiger partial charge in [0.1, 0.15) is 11.2 Å². The van der Waals surface area contributed by atoms with E-state index in [9.17, 15) is 0 Å². The van der Waals surface area contributed by atoms with E-state index in [2.05, 4.69) is 234 Å². The fraction of sp³-hybridized carbons (Fsp3) is 0. The number of para-hydroxylation sites is 6. The molecule has 4 nitrogen and oxygen atoms in total. The van der Waals surface area contributed by atoms with E-state index in [0.29, 0.717) is 0 Å². The summed E-state index contributed by atoms with van der Waals surface area (Å²) in [5.41, 5.74) is 12.0. The molecule has 0 radical (unpaired) electrons. The van der Waals surface area contributed by atoms with Crippen LogP contribution in [0.2, 0.25) is 0 Å². The van der Waals surface area contributed by atoms with Gasteiger partial charge in [-0.1, -0.05) is 176 Å². The van der Waals surface area contributed by atoms with Gasteiger partial charge in [0.15, 0.2) is 11.2 Å². The van der Waals surface area contributed by atoms with Crippen LogP contribution in [0.25, 0.3) is 98.1 Å². The Morgan fingerprint density at radius 3 is 1.46 bits per heavy atom. The first-order valence-electron chi connectivity index (χ1n) is 23.2. The van der Waals surface area contributed by atoms with Crippen LogP contribution in [0.15, 0.2) is 251 Å². The summed E-state index contributed by atoms with van der Waals surface area (Å²) in [7, 11) is 0. The molecular weight excluding hydrogens is 829 g/mol. The van der Waals surface area contributed by atoms with Crippen LogP contribution in [0.5, 0.6) is 0 Å². The van der Waals surface area contributed by atoms with Crippen molar-refractivity contribution in [3.8, 4) is 11.1 Å². The number of hydrogen-bond acceptors (Lipinski definition) is 4. The number of nitrogens with zero attached hydrogens (tertiary/aromatic N) is 2. The van der Waals surface area contributed by atoms with Crippen molar-refractivity contribution in [1.82, 2.24) is 0 Å². The zero-order valence-corrected chi connectivity index (χ0v) is 36.8. The average Bonchev–Trinajstić information content (AvgIpc) is 3.99. The first kappa shape index (κ1) is 38.2. The third kappa shape index (κ3) is 5.87. The molecule has 0 atom stereocenters. The monoisotopic (exact) mass is 868 g/mol. The van der Waals surface area contributed by atoms with Crippen LogP contribution in [0.1, 0.15) is 0 Å². The second-order valence-corrected chi connectivity index (χ2v) is 17.6. The normalized spacial score (nSPS) is 11.8. The SMILES string of the molecule is c1ccc(-c2ccccc2N(c2ccc3c(c2)c2ccccc2c2c4ccc(N(c5ccccc5)c5cccc6c5oc5ccccc56)cc4ccc32)c2cccc3c2oc2ccccc23)cc1. The summed E-state index contributed by atoms with van der Waals surface area (Å²) < 4.78 is 13.4. The minimum absolute atomic E-state index is 0.853. The van der Waals surface area contributed by atoms with Crippen LogP contribution >= 0.6 is 0 Å². The van der Waals surface area contributed by atoms with Gasteiger partial charge >= 0.3 is 0 Å². The van der Waals surface area contributed by atoms with E-state index in [1.54, 1.807) is 0 Å². The lowest BCUT2D eigenvalue weighted by atomic mass is 9.90. The summed E-state index contributed by atoms with van der Waals surface area (Å²) in [5, 5.41) is 14.0. The molecule has 0 amide bonds. The molecule has 2 heterocycles. The molecule has 0 aliphatic rings. The zero-order valence-electron chi connectivity index (χ0n) is 36.8. The first-order chi connectivity index (χ1) is 33.7. The Morgan fingerprint density at radius 1 is 0.265 bits per heavy atom. The molecule has 14 aromatic rings. The van der Waals surface area contributed by atoms with Crippen LogP contribution in [0.3, 0.4) is 0 Å². The summed E-state index contributed by atoms with van der Waals surface area (Å²) in [4.78, 5) is 4.71. The summed E-state index contributed by atoms with van der Waals surface area (Å²) in [6.07, 6.45) is 0. The highest BCUT2D eigenvalue weighted by Crippen LogP contribution is 2.49. The summed E-state index contributed by atoms with van der Waals surface area (Å²) >= 11 is 0. The number of fused-ring (bicyclic) bond motifs is 14. The fourth-order valence-electron chi connectivity index (χ4n) is 10.8. The smallest absolute Gasteiger partial charge is 0.159 e. The first-order valence-corrected chi connectivity index (χ1v) is 23.2. The van der Waals surface area contributed by atoms with Gasteiger partial charge in [0.25, 0.3) is 0 Å². The lowest BCUT2D eigenvalue weighted by molar-refractivity contribution is 0.668. The van der Waals surface area contributed by atoms with E-state index in [0.717, 1.165) is 94.5 Å². The van der Waals surface area contributed by atoms with Crippen molar-refractivity contribution in [2.75, 3.05) is 9.80 Å². The van der Waals surface area contributed by atoms with Gasteiger partial charge in [0.05, 0.1) is 17.1 Å². The molecule has 14 rings (SSSR count). The number of benzene rings is 12. The predicted molar refractivity (Wildman–Crippen MR) is 286 cm³/mol. The molecular formula is C64H40N2O2. The number of rotatable bonds is 7. The standard InChI is InChI=1S/C64H40N2O2/c1-3-17-41(18-4-1)46-21-9-12-28-57(46)66(59-30-16-27-55-51-24-11-14-32-61(51)68-64(55)59)45-35-38-49-53-36-33-42-39-44(34-37-47(42)62(53)52-25-8-7-22-48(52)56(49)40-45)65(43-19-5-2-6-20-43)58-29-15-26-54-50-23-10-13-31-60(50)67-63(54)58/h1-40H. The molecule has 68 heavy (non-hydrogen) atoms. The maximum atomic E-state index is 6.76. The highest BCUT2D eigenvalue weighted by atomic mass is 16.3. The Bertz CT molecular complexity index is 4260. The van der Waals surface area contributed by atoms with Crippen LogP contribution in [-0.2, 0) is 0 Å². The third-order valence-corrected chi connectivity index (χ3v) is 13.8. The molecule has 0 saturated carbocycles. The van der Waals surface area contributed by atoms with Gasteiger partial charge in [-0.3, -0.25) is 0 Å². The minimum Gasteiger partial charge on any atom is -0.454 e. The summed E-state index contributed by atoms with van der Waals surface area (Å²) in [6.45, 7) is 0. The van der Waals surface area contributed by atoms with E-state index in [-0.39, 0.29) is 0 Å². The molecule has 0 aliphatic carbocycles. The molecule has 318 valence electrons. The van der Waals surface area contributed by atoms with Crippen molar-refractivity contribution in [2.45, 2.75) is 0 Å². The van der Waals surface area contributed by atoms with E-state index >= 15 is 0 Å². The Hall–Kier alpha value is -9.12. The Kier molecular flexibility index (Phi) is 8.55. The molecule has 0 spiro atoms. The molecule has 0 aliphatic heterocycles. The van der Waals surface area contributed by atoms with Gasteiger partial charge < -0.3 is 18.6 Å². The van der Waals surface area contributed by atoms with E-state index in [1.807, 2.05) is 18.2 Å². The predicted octanol–water partition coefficient (Wildman–Crippen LogP) is 18.7. The van der Waals surface area contributed by atoms with Crippen molar-refractivity contribution >= 4 is 121 Å². The van der Waals surface area contributed by atoms with Gasteiger partial charge in [-0.15, -0.1) is 0 Å².